The Balaban J connectivity index is 2.52. The average molecular weight is 214 g/mol. The molecule has 4 heteroatoms. The van der Waals surface area contributed by atoms with Gasteiger partial charge in [0.2, 0.25) is 0 Å². The number of rotatable bonds is 6. The molecule has 0 aliphatic heterocycles. The number of hydrogen-bond donors (Lipinski definition) is 2. The number of nitrogens with zero attached hydrogens (tertiary/aromatic N) is 1. The van der Waals surface area contributed by atoms with E-state index < -0.39 is 11.5 Å². The normalized spacial score (nSPS) is 20.7. The molecule has 0 aromatic carbocycles. The molecule has 1 unspecified atom stereocenters. The monoisotopic (exact) mass is 214 g/mol. The van der Waals surface area contributed by atoms with E-state index in [1.165, 1.54) is 12.8 Å². The van der Waals surface area contributed by atoms with Gasteiger partial charge >= 0.3 is 5.97 Å². The maximum Gasteiger partial charge on any atom is 0.324 e. The second-order valence-corrected chi connectivity index (χ2v) is 5.19. The number of aliphatic carboxylic acids is 1. The summed E-state index contributed by atoms with van der Waals surface area (Å²) < 4.78 is 0. The molecule has 0 aromatic rings. The van der Waals surface area contributed by atoms with Gasteiger partial charge in [0.25, 0.3) is 0 Å². The zero-order valence-electron chi connectivity index (χ0n) is 9.86. The Labute approximate surface area is 91.4 Å². The Morgan fingerprint density at radius 1 is 1.60 bits per heavy atom. The lowest BCUT2D eigenvalue weighted by Gasteiger charge is -2.32. The molecular weight excluding hydrogens is 192 g/mol. The molecule has 4 nitrogen and oxygen atoms in total. The largest absolute Gasteiger partial charge is 0.480 e. The summed E-state index contributed by atoms with van der Waals surface area (Å²) in [7, 11) is 0. The SMILES string of the molecule is CC(C)N(CC1CC1)CC(C)(N)C(=O)O. The standard InChI is InChI=1S/C11H22N2O2/c1-8(2)13(6-9-4-5-9)7-11(3,12)10(14)15/h8-9H,4-7,12H2,1-3H3,(H,14,15). The third kappa shape index (κ3) is 3.80. The Hall–Kier alpha value is -0.610. The molecule has 1 aliphatic rings. The fourth-order valence-electron chi connectivity index (χ4n) is 1.58. The summed E-state index contributed by atoms with van der Waals surface area (Å²) in [6, 6.07) is 0.354. The first-order chi connectivity index (χ1) is 6.83. The third-order valence-electron chi connectivity index (χ3n) is 2.94. The van der Waals surface area contributed by atoms with E-state index in [1.54, 1.807) is 6.92 Å². The van der Waals surface area contributed by atoms with Gasteiger partial charge in [0.05, 0.1) is 0 Å². The van der Waals surface area contributed by atoms with Crippen molar-refractivity contribution in [2.24, 2.45) is 11.7 Å². The molecule has 0 heterocycles. The van der Waals surface area contributed by atoms with Gasteiger partial charge in [-0.15, -0.1) is 0 Å². The van der Waals surface area contributed by atoms with Gasteiger partial charge in [0.15, 0.2) is 0 Å². The van der Waals surface area contributed by atoms with E-state index in [0.717, 1.165) is 12.5 Å². The van der Waals surface area contributed by atoms with Crippen LogP contribution in [0.4, 0.5) is 0 Å². The van der Waals surface area contributed by atoms with Gasteiger partial charge in [0.1, 0.15) is 5.54 Å². The predicted molar refractivity (Wildman–Crippen MR) is 59.7 cm³/mol. The first-order valence-corrected chi connectivity index (χ1v) is 5.59. The van der Waals surface area contributed by atoms with Crippen LogP contribution in [-0.4, -0.2) is 40.6 Å². The molecule has 1 atom stereocenters. The lowest BCUT2D eigenvalue weighted by Crippen LogP contribution is -2.55. The summed E-state index contributed by atoms with van der Waals surface area (Å²) in [6.07, 6.45) is 2.55. The van der Waals surface area contributed by atoms with Crippen LogP contribution >= 0.6 is 0 Å². The van der Waals surface area contributed by atoms with Crippen LogP contribution in [0.1, 0.15) is 33.6 Å². The number of carbonyl (C=O) groups is 1. The molecular formula is C11H22N2O2. The minimum Gasteiger partial charge on any atom is -0.480 e. The smallest absolute Gasteiger partial charge is 0.324 e. The molecule has 1 fully saturated rings. The van der Waals surface area contributed by atoms with Crippen LogP contribution in [-0.2, 0) is 4.79 Å². The van der Waals surface area contributed by atoms with Crippen molar-refractivity contribution in [2.75, 3.05) is 13.1 Å². The Bertz CT molecular complexity index is 235. The average Bonchev–Trinajstić information content (AvgIpc) is 2.86. The van der Waals surface area contributed by atoms with Gasteiger partial charge in [0, 0.05) is 19.1 Å². The first-order valence-electron chi connectivity index (χ1n) is 5.59. The van der Waals surface area contributed by atoms with Crippen molar-refractivity contribution < 1.29 is 9.90 Å². The molecule has 0 aromatic heterocycles. The van der Waals surface area contributed by atoms with Crippen LogP contribution in [0.2, 0.25) is 0 Å². The number of carboxylic acids is 1. The van der Waals surface area contributed by atoms with Crippen molar-refractivity contribution in [3.8, 4) is 0 Å². The highest BCUT2D eigenvalue weighted by Gasteiger charge is 2.33. The summed E-state index contributed by atoms with van der Waals surface area (Å²) in [6.45, 7) is 7.16. The van der Waals surface area contributed by atoms with Crippen molar-refractivity contribution in [3.05, 3.63) is 0 Å². The molecule has 1 saturated carbocycles. The topological polar surface area (TPSA) is 66.6 Å². The minimum atomic E-state index is -1.14. The zero-order valence-corrected chi connectivity index (χ0v) is 9.86. The van der Waals surface area contributed by atoms with Gasteiger partial charge in [-0.3, -0.25) is 9.69 Å². The molecule has 3 N–H and O–H groups in total. The molecule has 1 rings (SSSR count). The van der Waals surface area contributed by atoms with Gasteiger partial charge in [-0.1, -0.05) is 0 Å². The highest BCUT2D eigenvalue weighted by molar-refractivity contribution is 5.78. The van der Waals surface area contributed by atoms with Gasteiger partial charge < -0.3 is 10.8 Å². The molecule has 0 spiro atoms. The fourth-order valence-corrected chi connectivity index (χ4v) is 1.58. The lowest BCUT2D eigenvalue weighted by molar-refractivity contribution is -0.143. The van der Waals surface area contributed by atoms with E-state index >= 15 is 0 Å². The summed E-state index contributed by atoms with van der Waals surface area (Å²) in [5.74, 6) is -0.166. The molecule has 0 radical (unpaired) electrons. The van der Waals surface area contributed by atoms with Crippen LogP contribution < -0.4 is 5.73 Å². The first kappa shape index (κ1) is 12.5. The molecule has 15 heavy (non-hydrogen) atoms. The van der Waals surface area contributed by atoms with Crippen molar-refractivity contribution in [1.82, 2.24) is 4.90 Å². The highest BCUT2D eigenvalue weighted by Crippen LogP contribution is 2.30. The Kier molecular flexibility index (Phi) is 3.73. The molecule has 0 amide bonds. The van der Waals surface area contributed by atoms with Gasteiger partial charge in [-0.25, -0.2) is 0 Å². The van der Waals surface area contributed by atoms with Crippen LogP contribution in [0.5, 0.6) is 0 Å². The second kappa shape index (κ2) is 4.49. The minimum absolute atomic E-state index is 0.354. The zero-order chi connectivity index (χ0) is 11.6. The molecule has 0 bridgehead atoms. The van der Waals surface area contributed by atoms with E-state index in [2.05, 4.69) is 18.7 Å². The summed E-state index contributed by atoms with van der Waals surface area (Å²) in [5, 5.41) is 8.97. The van der Waals surface area contributed by atoms with Crippen molar-refractivity contribution >= 4 is 5.97 Å². The van der Waals surface area contributed by atoms with E-state index in [4.69, 9.17) is 10.8 Å². The van der Waals surface area contributed by atoms with E-state index in [1.807, 2.05) is 0 Å². The number of carboxylic acid groups (broad SMARTS) is 1. The summed E-state index contributed by atoms with van der Waals surface area (Å²) >= 11 is 0. The van der Waals surface area contributed by atoms with E-state index in [9.17, 15) is 4.79 Å². The number of hydrogen-bond acceptors (Lipinski definition) is 3. The predicted octanol–water partition coefficient (Wildman–Crippen LogP) is 0.909. The number of nitrogens with two attached hydrogens (primary N) is 1. The quantitative estimate of drug-likeness (QED) is 0.689. The van der Waals surface area contributed by atoms with Gasteiger partial charge in [-0.2, -0.15) is 0 Å². The van der Waals surface area contributed by atoms with Crippen molar-refractivity contribution in [3.63, 3.8) is 0 Å². The van der Waals surface area contributed by atoms with E-state index in [-0.39, 0.29) is 0 Å². The second-order valence-electron chi connectivity index (χ2n) is 5.19. The maximum atomic E-state index is 10.9. The maximum absolute atomic E-state index is 10.9. The molecule has 1 aliphatic carbocycles. The summed E-state index contributed by atoms with van der Waals surface area (Å²) in [4.78, 5) is 13.1. The van der Waals surface area contributed by atoms with Crippen LogP contribution in [0.25, 0.3) is 0 Å². The lowest BCUT2D eigenvalue weighted by atomic mass is 10.0. The van der Waals surface area contributed by atoms with Gasteiger partial charge in [-0.05, 0) is 39.5 Å². The van der Waals surface area contributed by atoms with E-state index in [0.29, 0.717) is 12.6 Å². The molecule has 0 saturated heterocycles. The third-order valence-corrected chi connectivity index (χ3v) is 2.94. The Morgan fingerprint density at radius 2 is 2.13 bits per heavy atom. The van der Waals surface area contributed by atoms with Crippen molar-refractivity contribution in [1.29, 1.82) is 0 Å². The molecule has 88 valence electrons. The summed E-state index contributed by atoms with van der Waals surface area (Å²) in [5.41, 5.74) is 4.61. The van der Waals surface area contributed by atoms with Crippen LogP contribution in [0, 0.1) is 5.92 Å². The van der Waals surface area contributed by atoms with Crippen molar-refractivity contribution in [2.45, 2.75) is 45.2 Å². The fraction of sp³-hybridized carbons (Fsp3) is 0.909. The van der Waals surface area contributed by atoms with Crippen LogP contribution in [0.3, 0.4) is 0 Å². The highest BCUT2D eigenvalue weighted by atomic mass is 16.4. The van der Waals surface area contributed by atoms with Crippen LogP contribution in [0.15, 0.2) is 0 Å². The Morgan fingerprint density at radius 3 is 2.47 bits per heavy atom.